The van der Waals surface area contributed by atoms with Gasteiger partial charge in [-0.1, -0.05) is 27.7 Å². The van der Waals surface area contributed by atoms with Crippen LogP contribution in [0.5, 0.6) is 0 Å². The molecule has 0 spiro atoms. The van der Waals surface area contributed by atoms with E-state index in [9.17, 15) is 0 Å². The van der Waals surface area contributed by atoms with Gasteiger partial charge in [0.15, 0.2) is 0 Å². The third kappa shape index (κ3) is 5.01. The summed E-state index contributed by atoms with van der Waals surface area (Å²) in [6, 6.07) is 0. The van der Waals surface area contributed by atoms with Gasteiger partial charge in [-0.05, 0) is 56.5 Å². The highest BCUT2D eigenvalue weighted by molar-refractivity contribution is 4.95. The summed E-state index contributed by atoms with van der Waals surface area (Å²) in [5.74, 6) is 2.15. The van der Waals surface area contributed by atoms with Gasteiger partial charge >= 0.3 is 0 Å². The van der Waals surface area contributed by atoms with Crippen molar-refractivity contribution in [2.24, 2.45) is 23.5 Å². The summed E-state index contributed by atoms with van der Waals surface area (Å²) >= 11 is 0. The molecule has 1 fully saturated rings. The zero-order valence-electron chi connectivity index (χ0n) is 14.3. The van der Waals surface area contributed by atoms with Crippen LogP contribution in [0.2, 0.25) is 0 Å². The van der Waals surface area contributed by atoms with Gasteiger partial charge in [0.05, 0.1) is 0 Å². The summed E-state index contributed by atoms with van der Waals surface area (Å²) in [7, 11) is 1.81. The first-order valence-corrected chi connectivity index (χ1v) is 8.37. The molecule has 0 aromatic rings. The Morgan fingerprint density at radius 3 is 1.95 bits per heavy atom. The van der Waals surface area contributed by atoms with E-state index in [1.54, 1.807) is 0 Å². The van der Waals surface area contributed by atoms with Crippen LogP contribution < -0.4 is 5.73 Å². The number of nitrogens with zero attached hydrogens (tertiary/aromatic N) is 1. The van der Waals surface area contributed by atoms with Crippen LogP contribution in [0.15, 0.2) is 0 Å². The molecule has 1 saturated heterocycles. The van der Waals surface area contributed by atoms with Crippen LogP contribution in [-0.2, 0) is 4.74 Å². The lowest BCUT2D eigenvalue weighted by Gasteiger charge is -2.48. The molecule has 0 aromatic carbocycles. The predicted octanol–water partition coefficient (Wildman–Crippen LogP) is 3.13. The summed E-state index contributed by atoms with van der Waals surface area (Å²) in [4.78, 5) is 2.69. The van der Waals surface area contributed by atoms with Crippen LogP contribution in [0.25, 0.3) is 0 Å². The van der Waals surface area contributed by atoms with Gasteiger partial charge in [0.25, 0.3) is 0 Å². The normalized spacial score (nSPS) is 19.2. The lowest BCUT2D eigenvalue weighted by Crippen LogP contribution is -2.57. The van der Waals surface area contributed by atoms with Gasteiger partial charge in [-0.3, -0.25) is 4.90 Å². The van der Waals surface area contributed by atoms with E-state index in [2.05, 4.69) is 32.6 Å². The van der Waals surface area contributed by atoms with E-state index < -0.39 is 0 Å². The Morgan fingerprint density at radius 2 is 1.60 bits per heavy atom. The van der Waals surface area contributed by atoms with Gasteiger partial charge in [-0.25, -0.2) is 0 Å². The number of nitrogens with two attached hydrogens (primary N) is 1. The molecule has 0 bridgehead atoms. The summed E-state index contributed by atoms with van der Waals surface area (Å²) < 4.78 is 5.31. The Labute approximate surface area is 126 Å². The van der Waals surface area contributed by atoms with Crippen molar-refractivity contribution < 1.29 is 4.74 Å². The van der Waals surface area contributed by atoms with E-state index in [4.69, 9.17) is 10.5 Å². The molecule has 1 rings (SSSR count). The maximum absolute atomic E-state index is 6.26. The van der Waals surface area contributed by atoms with Gasteiger partial charge in [0.2, 0.25) is 0 Å². The molecule has 120 valence electrons. The molecule has 2 N–H and O–H groups in total. The maximum atomic E-state index is 6.26. The summed E-state index contributed by atoms with van der Waals surface area (Å²) in [5, 5.41) is 0. The van der Waals surface area contributed by atoms with Crippen molar-refractivity contribution in [3.63, 3.8) is 0 Å². The Morgan fingerprint density at radius 1 is 1.10 bits per heavy atom. The van der Waals surface area contributed by atoms with Crippen molar-refractivity contribution in [2.75, 3.05) is 33.4 Å². The molecule has 1 heterocycles. The third-order valence-electron chi connectivity index (χ3n) is 4.64. The van der Waals surface area contributed by atoms with E-state index >= 15 is 0 Å². The number of methoxy groups -OCH3 is 1. The minimum absolute atomic E-state index is 0.209. The molecule has 20 heavy (non-hydrogen) atoms. The molecule has 0 atom stereocenters. The number of piperidine rings is 1. The van der Waals surface area contributed by atoms with Crippen molar-refractivity contribution in [1.82, 2.24) is 4.90 Å². The number of likely N-dealkylation sites (tertiary alicyclic amines) is 1. The molecule has 0 amide bonds. The van der Waals surface area contributed by atoms with Crippen molar-refractivity contribution in [1.29, 1.82) is 0 Å². The lowest BCUT2D eigenvalue weighted by molar-refractivity contribution is 0.0102. The Bertz CT molecular complexity index is 248. The number of hydrogen-bond donors (Lipinski definition) is 1. The average molecular weight is 284 g/mol. The van der Waals surface area contributed by atoms with Crippen LogP contribution in [0, 0.1) is 17.8 Å². The number of hydrogen-bond acceptors (Lipinski definition) is 3. The molecule has 0 unspecified atom stereocenters. The van der Waals surface area contributed by atoms with Gasteiger partial charge in [0.1, 0.15) is 0 Å². The molecular weight excluding hydrogens is 248 g/mol. The Balaban J connectivity index is 2.72. The van der Waals surface area contributed by atoms with Crippen molar-refractivity contribution in [3.8, 4) is 0 Å². The fourth-order valence-corrected chi connectivity index (χ4v) is 3.97. The summed E-state index contributed by atoms with van der Waals surface area (Å²) in [5.41, 5.74) is 6.47. The zero-order valence-corrected chi connectivity index (χ0v) is 14.3. The Kier molecular flexibility index (Phi) is 7.49. The molecule has 1 aliphatic heterocycles. The third-order valence-corrected chi connectivity index (χ3v) is 4.64. The first-order valence-electron chi connectivity index (χ1n) is 8.37. The second kappa shape index (κ2) is 8.35. The standard InChI is InChI=1S/C17H36N2O/c1-14(2)10-17(13-18,11-15(3)4)19-8-6-16(7-9-19)12-20-5/h14-16H,6-13,18H2,1-5H3. The quantitative estimate of drug-likeness (QED) is 0.744. The van der Waals surface area contributed by atoms with E-state index in [1.165, 1.54) is 38.8 Å². The largest absolute Gasteiger partial charge is 0.384 e. The first kappa shape index (κ1) is 17.9. The highest BCUT2D eigenvalue weighted by Gasteiger charge is 2.38. The van der Waals surface area contributed by atoms with Crippen LogP contribution in [-0.4, -0.2) is 43.8 Å². The Hall–Kier alpha value is -0.120. The van der Waals surface area contributed by atoms with Gasteiger partial charge in [-0.2, -0.15) is 0 Å². The van der Waals surface area contributed by atoms with Gasteiger partial charge < -0.3 is 10.5 Å². The SMILES string of the molecule is COCC1CCN(C(CN)(CC(C)C)CC(C)C)CC1. The summed E-state index contributed by atoms with van der Waals surface area (Å²) in [6.07, 6.45) is 4.95. The molecule has 0 aromatic heterocycles. The minimum Gasteiger partial charge on any atom is -0.384 e. The average Bonchev–Trinajstić information content (AvgIpc) is 2.38. The monoisotopic (exact) mass is 284 g/mol. The molecule has 0 radical (unpaired) electrons. The highest BCUT2D eigenvalue weighted by atomic mass is 16.5. The summed E-state index contributed by atoms with van der Waals surface area (Å²) in [6.45, 7) is 13.4. The second-order valence-electron chi connectivity index (χ2n) is 7.51. The number of rotatable bonds is 8. The minimum atomic E-state index is 0.209. The smallest absolute Gasteiger partial charge is 0.0491 e. The fourth-order valence-electron chi connectivity index (χ4n) is 3.97. The van der Waals surface area contributed by atoms with Crippen molar-refractivity contribution >= 4 is 0 Å². The molecule has 3 heteroatoms. The van der Waals surface area contributed by atoms with E-state index in [-0.39, 0.29) is 5.54 Å². The maximum Gasteiger partial charge on any atom is 0.0491 e. The highest BCUT2D eigenvalue weighted by Crippen LogP contribution is 2.33. The first-order chi connectivity index (χ1) is 9.43. The lowest BCUT2D eigenvalue weighted by atomic mass is 9.78. The van der Waals surface area contributed by atoms with Crippen LogP contribution in [0.4, 0.5) is 0 Å². The van der Waals surface area contributed by atoms with Crippen molar-refractivity contribution in [2.45, 2.75) is 58.9 Å². The van der Waals surface area contributed by atoms with E-state index in [0.717, 1.165) is 19.1 Å². The van der Waals surface area contributed by atoms with Gasteiger partial charge in [0, 0.05) is 25.8 Å². The number of ether oxygens (including phenoxy) is 1. The van der Waals surface area contributed by atoms with Crippen LogP contribution >= 0.6 is 0 Å². The molecular formula is C17H36N2O. The van der Waals surface area contributed by atoms with Crippen LogP contribution in [0.3, 0.4) is 0 Å². The molecule has 1 aliphatic rings. The van der Waals surface area contributed by atoms with E-state index in [1.807, 2.05) is 7.11 Å². The molecule has 3 nitrogen and oxygen atoms in total. The topological polar surface area (TPSA) is 38.5 Å². The van der Waals surface area contributed by atoms with Crippen molar-refractivity contribution in [3.05, 3.63) is 0 Å². The zero-order chi connectivity index (χ0) is 15.2. The predicted molar refractivity (Wildman–Crippen MR) is 86.9 cm³/mol. The van der Waals surface area contributed by atoms with Gasteiger partial charge in [-0.15, -0.1) is 0 Å². The fraction of sp³-hybridized carbons (Fsp3) is 1.00. The van der Waals surface area contributed by atoms with E-state index in [0.29, 0.717) is 11.8 Å². The molecule has 0 aliphatic carbocycles. The van der Waals surface area contributed by atoms with Crippen LogP contribution in [0.1, 0.15) is 53.4 Å². The second-order valence-corrected chi connectivity index (χ2v) is 7.51. The molecule has 0 saturated carbocycles.